The molecule has 0 radical (unpaired) electrons. The predicted octanol–water partition coefficient (Wildman–Crippen LogP) is 1.17. The normalized spacial score (nSPS) is 39.3. The summed E-state index contributed by atoms with van der Waals surface area (Å²) in [5, 5.41) is 0. The molecule has 4 heteroatoms. The van der Waals surface area contributed by atoms with Gasteiger partial charge in [0.1, 0.15) is 0 Å². The highest BCUT2D eigenvalue weighted by molar-refractivity contribution is 4.57. The van der Waals surface area contributed by atoms with Crippen LogP contribution in [-0.4, -0.2) is 19.4 Å². The van der Waals surface area contributed by atoms with E-state index < -0.39 is 0 Å². The van der Waals surface area contributed by atoms with Crippen LogP contribution in [0, 0.1) is 0 Å². The summed E-state index contributed by atoms with van der Waals surface area (Å²) >= 11 is 0. The van der Waals surface area contributed by atoms with E-state index in [1.807, 2.05) is 0 Å². The van der Waals surface area contributed by atoms with Gasteiger partial charge in [0, 0.05) is 6.42 Å². The number of hydrogen-bond donors (Lipinski definition) is 0. The third-order valence-electron chi connectivity index (χ3n) is 1.91. The van der Waals surface area contributed by atoms with Crippen LogP contribution in [0.5, 0.6) is 0 Å². The van der Waals surface area contributed by atoms with Crippen molar-refractivity contribution in [2.75, 3.05) is 6.79 Å². The second-order valence-electron chi connectivity index (χ2n) is 2.78. The van der Waals surface area contributed by atoms with Crippen molar-refractivity contribution in [3.05, 3.63) is 0 Å². The second kappa shape index (κ2) is 3.49. The molecule has 2 atom stereocenters. The van der Waals surface area contributed by atoms with Gasteiger partial charge in [0.2, 0.25) is 0 Å². The van der Waals surface area contributed by atoms with E-state index >= 15 is 0 Å². The molecule has 4 nitrogen and oxygen atoms in total. The van der Waals surface area contributed by atoms with Crippen LogP contribution in [0.1, 0.15) is 25.7 Å². The Kier molecular flexibility index (Phi) is 2.38. The summed E-state index contributed by atoms with van der Waals surface area (Å²) in [7, 11) is 0. The first-order valence-corrected chi connectivity index (χ1v) is 4.00. The van der Waals surface area contributed by atoms with Gasteiger partial charge >= 0.3 is 0 Å². The zero-order chi connectivity index (χ0) is 7.52. The molecule has 2 bridgehead atoms. The SMILES string of the molecule is C1CC[C@H]2OCOO[C@@H](C1)O2. The van der Waals surface area contributed by atoms with E-state index in [0.717, 1.165) is 25.7 Å². The molecule has 11 heavy (non-hydrogen) atoms. The molecule has 2 aliphatic rings. The Morgan fingerprint density at radius 1 is 1.00 bits per heavy atom. The lowest BCUT2D eigenvalue weighted by Gasteiger charge is -2.13. The van der Waals surface area contributed by atoms with Gasteiger partial charge in [-0.15, -0.1) is 0 Å². The molecule has 0 spiro atoms. The van der Waals surface area contributed by atoms with Gasteiger partial charge in [-0.25, -0.2) is 9.78 Å². The molecular formula is C7H12O4. The summed E-state index contributed by atoms with van der Waals surface area (Å²) in [5.74, 6) is 0. The van der Waals surface area contributed by atoms with Crippen LogP contribution < -0.4 is 0 Å². The zero-order valence-corrected chi connectivity index (χ0v) is 6.32. The lowest BCUT2D eigenvalue weighted by atomic mass is 10.2. The average molecular weight is 160 g/mol. The fourth-order valence-electron chi connectivity index (χ4n) is 1.33. The lowest BCUT2D eigenvalue weighted by Crippen LogP contribution is -2.19. The van der Waals surface area contributed by atoms with Crippen LogP contribution in [0.15, 0.2) is 0 Å². The van der Waals surface area contributed by atoms with Crippen molar-refractivity contribution >= 4 is 0 Å². The van der Waals surface area contributed by atoms with E-state index in [0.29, 0.717) is 0 Å². The monoisotopic (exact) mass is 160 g/mol. The van der Waals surface area contributed by atoms with Crippen LogP contribution in [0.2, 0.25) is 0 Å². The molecule has 0 saturated carbocycles. The zero-order valence-electron chi connectivity index (χ0n) is 6.32. The van der Waals surface area contributed by atoms with E-state index in [-0.39, 0.29) is 19.4 Å². The van der Waals surface area contributed by atoms with E-state index in [4.69, 9.17) is 19.2 Å². The van der Waals surface area contributed by atoms with Gasteiger partial charge in [0.05, 0.1) is 0 Å². The number of ether oxygens (including phenoxy) is 2. The van der Waals surface area contributed by atoms with Crippen LogP contribution >= 0.6 is 0 Å². The first kappa shape index (κ1) is 7.49. The van der Waals surface area contributed by atoms with Crippen molar-refractivity contribution in [2.45, 2.75) is 38.3 Å². The molecule has 0 unspecified atom stereocenters. The Bertz CT molecular complexity index is 102. The molecule has 2 aliphatic heterocycles. The molecule has 2 saturated heterocycles. The van der Waals surface area contributed by atoms with Gasteiger partial charge in [0.25, 0.3) is 0 Å². The van der Waals surface area contributed by atoms with Crippen LogP contribution in [0.25, 0.3) is 0 Å². The van der Waals surface area contributed by atoms with Crippen molar-refractivity contribution in [2.24, 2.45) is 0 Å². The fraction of sp³-hybridized carbons (Fsp3) is 1.00. The summed E-state index contributed by atoms with van der Waals surface area (Å²) in [6, 6.07) is 0. The molecule has 2 heterocycles. The van der Waals surface area contributed by atoms with Gasteiger partial charge in [-0.05, 0) is 19.3 Å². The Labute approximate surface area is 65.3 Å². The molecule has 0 aromatic heterocycles. The molecular weight excluding hydrogens is 148 g/mol. The summed E-state index contributed by atoms with van der Waals surface area (Å²) in [6.45, 7) is 0.182. The van der Waals surface area contributed by atoms with Crippen LogP contribution in [0.4, 0.5) is 0 Å². The average Bonchev–Trinajstić information content (AvgIpc) is 2.36. The molecule has 0 aromatic carbocycles. The Morgan fingerprint density at radius 3 is 2.73 bits per heavy atom. The number of hydrogen-bond acceptors (Lipinski definition) is 4. The maximum atomic E-state index is 5.40. The Hall–Kier alpha value is -0.160. The molecule has 64 valence electrons. The van der Waals surface area contributed by atoms with Crippen molar-refractivity contribution in [3.8, 4) is 0 Å². The first-order chi connectivity index (χ1) is 5.45. The topological polar surface area (TPSA) is 36.9 Å². The fourth-order valence-corrected chi connectivity index (χ4v) is 1.33. The highest BCUT2D eigenvalue weighted by Gasteiger charge is 2.24. The Morgan fingerprint density at radius 2 is 1.82 bits per heavy atom. The van der Waals surface area contributed by atoms with Crippen LogP contribution in [-0.2, 0) is 19.2 Å². The molecule has 0 aromatic rings. The third-order valence-corrected chi connectivity index (χ3v) is 1.91. The van der Waals surface area contributed by atoms with E-state index in [2.05, 4.69) is 0 Å². The standard InChI is InChI=1S/C7H12O4/c1-2-4-7-10-6(3-1)8-5-9-11-7/h6-7H,1-5H2/t6-,7-/m0/s1. The third kappa shape index (κ3) is 1.90. The quantitative estimate of drug-likeness (QED) is 0.498. The second-order valence-corrected chi connectivity index (χ2v) is 2.78. The summed E-state index contributed by atoms with van der Waals surface area (Å²) in [6.07, 6.45) is 3.77. The van der Waals surface area contributed by atoms with Gasteiger partial charge in [-0.3, -0.25) is 0 Å². The smallest absolute Gasteiger partial charge is 0.194 e. The molecule has 2 rings (SSSR count). The van der Waals surface area contributed by atoms with Crippen molar-refractivity contribution in [1.82, 2.24) is 0 Å². The summed E-state index contributed by atoms with van der Waals surface area (Å²) < 4.78 is 10.6. The minimum atomic E-state index is -0.218. The molecule has 0 amide bonds. The minimum Gasteiger partial charge on any atom is -0.323 e. The van der Waals surface area contributed by atoms with E-state index in [9.17, 15) is 0 Å². The van der Waals surface area contributed by atoms with E-state index in [1.165, 1.54) is 0 Å². The Balaban J connectivity index is 1.96. The van der Waals surface area contributed by atoms with Gasteiger partial charge in [0.15, 0.2) is 19.4 Å². The number of rotatable bonds is 0. The summed E-state index contributed by atoms with van der Waals surface area (Å²) in [5.41, 5.74) is 0. The highest BCUT2D eigenvalue weighted by atomic mass is 17.3. The van der Waals surface area contributed by atoms with Crippen molar-refractivity contribution in [1.29, 1.82) is 0 Å². The summed E-state index contributed by atoms with van der Waals surface area (Å²) in [4.78, 5) is 9.62. The lowest BCUT2D eigenvalue weighted by molar-refractivity contribution is -0.371. The number of fused-ring (bicyclic) bond motifs is 2. The minimum absolute atomic E-state index is 0.120. The van der Waals surface area contributed by atoms with Crippen LogP contribution in [0.3, 0.4) is 0 Å². The predicted molar refractivity (Wildman–Crippen MR) is 35.3 cm³/mol. The molecule has 0 aliphatic carbocycles. The molecule has 0 N–H and O–H groups in total. The van der Waals surface area contributed by atoms with Gasteiger partial charge < -0.3 is 9.47 Å². The maximum absolute atomic E-state index is 5.40. The van der Waals surface area contributed by atoms with Gasteiger partial charge in [-0.1, -0.05) is 0 Å². The maximum Gasteiger partial charge on any atom is 0.194 e. The van der Waals surface area contributed by atoms with Crippen molar-refractivity contribution in [3.63, 3.8) is 0 Å². The van der Waals surface area contributed by atoms with E-state index in [1.54, 1.807) is 0 Å². The first-order valence-electron chi connectivity index (χ1n) is 4.00. The molecule has 2 fully saturated rings. The highest BCUT2D eigenvalue weighted by Crippen LogP contribution is 2.22. The largest absolute Gasteiger partial charge is 0.323 e. The van der Waals surface area contributed by atoms with Crippen molar-refractivity contribution < 1.29 is 19.2 Å². The van der Waals surface area contributed by atoms with Gasteiger partial charge in [-0.2, -0.15) is 0 Å².